The number of hydrogen-bond acceptors (Lipinski definition) is 4. The summed E-state index contributed by atoms with van der Waals surface area (Å²) in [4.78, 5) is 10.9. The summed E-state index contributed by atoms with van der Waals surface area (Å²) in [6, 6.07) is 0. The van der Waals surface area contributed by atoms with Crippen LogP contribution in [-0.4, -0.2) is 24.5 Å². The Hall–Kier alpha value is -0.840. The quantitative estimate of drug-likeness (QED) is 0.474. The van der Waals surface area contributed by atoms with E-state index in [4.69, 9.17) is 17.0 Å². The SMILES string of the molecule is CCCCCCCCCCC(C)OC(=S)NC(=O)OC. The van der Waals surface area contributed by atoms with Gasteiger partial charge in [0.1, 0.15) is 0 Å². The fourth-order valence-corrected chi connectivity index (χ4v) is 2.22. The standard InChI is InChI=1S/C15H29NO3S/c1-4-5-6-7-8-9-10-11-12-13(2)19-15(20)16-14(17)18-3/h13H,4-12H2,1-3H3,(H,16,17,20). The lowest BCUT2D eigenvalue weighted by Gasteiger charge is -2.15. The summed E-state index contributed by atoms with van der Waals surface area (Å²) in [5.74, 6) is 0. The number of carbonyl (C=O) groups excluding carboxylic acids is 1. The Kier molecular flexibility index (Phi) is 12.6. The third kappa shape index (κ3) is 12.2. The number of nitrogens with one attached hydrogen (secondary N) is 1. The molecule has 0 saturated heterocycles. The third-order valence-corrected chi connectivity index (χ3v) is 3.36. The summed E-state index contributed by atoms with van der Waals surface area (Å²) in [6.45, 7) is 4.20. The highest BCUT2D eigenvalue weighted by atomic mass is 32.1. The lowest BCUT2D eigenvalue weighted by molar-refractivity contribution is 0.163. The van der Waals surface area contributed by atoms with Crippen LogP contribution in [-0.2, 0) is 9.47 Å². The normalized spacial score (nSPS) is 11.8. The molecule has 0 aromatic heterocycles. The van der Waals surface area contributed by atoms with Crippen molar-refractivity contribution in [3.8, 4) is 0 Å². The molecule has 20 heavy (non-hydrogen) atoms. The molecule has 1 unspecified atom stereocenters. The van der Waals surface area contributed by atoms with E-state index in [0.29, 0.717) is 0 Å². The average Bonchev–Trinajstić information content (AvgIpc) is 2.41. The number of rotatable bonds is 10. The minimum Gasteiger partial charge on any atom is -0.468 e. The van der Waals surface area contributed by atoms with Crippen LogP contribution in [0, 0.1) is 0 Å². The smallest absolute Gasteiger partial charge is 0.414 e. The monoisotopic (exact) mass is 303 g/mol. The van der Waals surface area contributed by atoms with Crippen molar-refractivity contribution in [1.29, 1.82) is 0 Å². The average molecular weight is 303 g/mol. The molecule has 0 aromatic rings. The fraction of sp³-hybridized carbons (Fsp3) is 0.867. The van der Waals surface area contributed by atoms with Gasteiger partial charge in [-0.15, -0.1) is 0 Å². The summed E-state index contributed by atoms with van der Waals surface area (Å²) in [6.07, 6.45) is 10.8. The van der Waals surface area contributed by atoms with Crippen molar-refractivity contribution in [3.63, 3.8) is 0 Å². The Bertz CT molecular complexity index is 272. The second kappa shape index (κ2) is 13.2. The number of ether oxygens (including phenoxy) is 2. The molecule has 0 spiro atoms. The summed E-state index contributed by atoms with van der Waals surface area (Å²) in [5, 5.41) is 2.43. The zero-order chi connectivity index (χ0) is 15.2. The predicted molar refractivity (Wildman–Crippen MR) is 85.9 cm³/mol. The highest BCUT2D eigenvalue weighted by molar-refractivity contribution is 7.80. The van der Waals surface area contributed by atoms with Crippen LogP contribution in [0.25, 0.3) is 0 Å². The number of carbonyl (C=O) groups is 1. The van der Waals surface area contributed by atoms with Crippen LogP contribution in [0.5, 0.6) is 0 Å². The maximum absolute atomic E-state index is 10.9. The van der Waals surface area contributed by atoms with Crippen molar-refractivity contribution in [1.82, 2.24) is 5.32 Å². The zero-order valence-electron chi connectivity index (χ0n) is 13.1. The Morgan fingerprint density at radius 2 is 1.65 bits per heavy atom. The molecule has 4 nitrogen and oxygen atoms in total. The molecule has 0 heterocycles. The van der Waals surface area contributed by atoms with Crippen molar-refractivity contribution in [2.24, 2.45) is 0 Å². The van der Waals surface area contributed by atoms with Gasteiger partial charge in [0.15, 0.2) is 0 Å². The molecule has 1 amide bonds. The van der Waals surface area contributed by atoms with Crippen LogP contribution < -0.4 is 5.32 Å². The zero-order valence-corrected chi connectivity index (χ0v) is 13.9. The molecule has 0 aromatic carbocycles. The van der Waals surface area contributed by atoms with Crippen LogP contribution in [0.4, 0.5) is 4.79 Å². The number of thiocarbonyl (C=S) groups is 1. The van der Waals surface area contributed by atoms with Gasteiger partial charge in [0.2, 0.25) is 0 Å². The minimum absolute atomic E-state index is 0.0275. The van der Waals surface area contributed by atoms with E-state index >= 15 is 0 Å². The lowest BCUT2D eigenvalue weighted by Crippen LogP contribution is -2.32. The summed E-state index contributed by atoms with van der Waals surface area (Å²) >= 11 is 4.90. The minimum atomic E-state index is -0.589. The van der Waals surface area contributed by atoms with E-state index in [1.165, 1.54) is 52.1 Å². The first-order valence-corrected chi connectivity index (χ1v) is 8.06. The first-order chi connectivity index (χ1) is 9.60. The molecule has 0 aliphatic carbocycles. The number of methoxy groups -OCH3 is 1. The number of unbranched alkanes of at least 4 members (excludes halogenated alkanes) is 7. The molecule has 118 valence electrons. The van der Waals surface area contributed by atoms with Crippen LogP contribution in [0.3, 0.4) is 0 Å². The van der Waals surface area contributed by atoms with Crippen LogP contribution in [0.15, 0.2) is 0 Å². The number of alkyl carbamates (subject to hydrolysis) is 1. The molecule has 0 radical (unpaired) electrons. The van der Waals surface area contributed by atoms with E-state index in [2.05, 4.69) is 17.0 Å². The van der Waals surface area contributed by atoms with E-state index in [-0.39, 0.29) is 11.3 Å². The summed E-state index contributed by atoms with van der Waals surface area (Å²) < 4.78 is 9.84. The first kappa shape index (κ1) is 19.2. The van der Waals surface area contributed by atoms with E-state index in [9.17, 15) is 4.79 Å². The van der Waals surface area contributed by atoms with Gasteiger partial charge in [0.25, 0.3) is 5.17 Å². The largest absolute Gasteiger partial charge is 0.468 e. The Labute approximate surface area is 128 Å². The second-order valence-corrected chi connectivity index (χ2v) is 5.47. The maximum Gasteiger partial charge on any atom is 0.414 e. The Morgan fingerprint density at radius 3 is 2.20 bits per heavy atom. The topological polar surface area (TPSA) is 47.6 Å². The Balaban J connectivity index is 3.42. The maximum atomic E-state index is 10.9. The van der Waals surface area contributed by atoms with Crippen LogP contribution >= 0.6 is 12.2 Å². The van der Waals surface area contributed by atoms with Gasteiger partial charge in [0, 0.05) is 0 Å². The number of amides is 1. The van der Waals surface area contributed by atoms with Crippen molar-refractivity contribution >= 4 is 23.5 Å². The van der Waals surface area contributed by atoms with E-state index in [1.807, 2.05) is 6.92 Å². The number of hydrogen-bond donors (Lipinski definition) is 1. The van der Waals surface area contributed by atoms with Crippen molar-refractivity contribution < 1.29 is 14.3 Å². The highest BCUT2D eigenvalue weighted by Crippen LogP contribution is 2.11. The molecule has 0 saturated carbocycles. The van der Waals surface area contributed by atoms with E-state index < -0.39 is 6.09 Å². The molecule has 1 N–H and O–H groups in total. The van der Waals surface area contributed by atoms with Gasteiger partial charge < -0.3 is 9.47 Å². The van der Waals surface area contributed by atoms with Crippen LogP contribution in [0.1, 0.15) is 71.6 Å². The van der Waals surface area contributed by atoms with Gasteiger partial charge in [-0.25, -0.2) is 4.79 Å². The second-order valence-electron chi connectivity index (χ2n) is 5.10. The molecule has 0 rings (SSSR count). The molecule has 0 aliphatic heterocycles. The predicted octanol–water partition coefficient (Wildman–Crippen LogP) is 4.56. The van der Waals surface area contributed by atoms with Crippen molar-refractivity contribution in [2.45, 2.75) is 77.7 Å². The molecule has 0 fully saturated rings. The van der Waals surface area contributed by atoms with Gasteiger partial charge >= 0.3 is 6.09 Å². The van der Waals surface area contributed by atoms with E-state index in [0.717, 1.165) is 12.8 Å². The van der Waals surface area contributed by atoms with Gasteiger partial charge in [-0.05, 0) is 32.0 Å². The molecule has 0 aliphatic rings. The molecular formula is C15H29NO3S. The molecule has 0 bridgehead atoms. The first-order valence-electron chi connectivity index (χ1n) is 7.65. The van der Waals surface area contributed by atoms with Gasteiger partial charge in [-0.3, -0.25) is 5.32 Å². The molecular weight excluding hydrogens is 274 g/mol. The highest BCUT2D eigenvalue weighted by Gasteiger charge is 2.09. The Morgan fingerprint density at radius 1 is 1.10 bits per heavy atom. The lowest BCUT2D eigenvalue weighted by atomic mass is 10.1. The third-order valence-electron chi connectivity index (χ3n) is 3.16. The van der Waals surface area contributed by atoms with Crippen molar-refractivity contribution in [2.75, 3.05) is 7.11 Å². The van der Waals surface area contributed by atoms with Crippen LogP contribution in [0.2, 0.25) is 0 Å². The molecule has 1 atom stereocenters. The fourth-order valence-electron chi connectivity index (χ4n) is 1.97. The van der Waals surface area contributed by atoms with Crippen molar-refractivity contribution in [3.05, 3.63) is 0 Å². The van der Waals surface area contributed by atoms with Gasteiger partial charge in [0.05, 0.1) is 13.2 Å². The summed E-state index contributed by atoms with van der Waals surface area (Å²) in [7, 11) is 1.29. The summed E-state index contributed by atoms with van der Waals surface area (Å²) in [5.41, 5.74) is 0. The molecule has 5 heteroatoms. The van der Waals surface area contributed by atoms with Gasteiger partial charge in [-0.2, -0.15) is 0 Å². The van der Waals surface area contributed by atoms with Gasteiger partial charge in [-0.1, -0.05) is 51.9 Å². The van der Waals surface area contributed by atoms with E-state index in [1.54, 1.807) is 0 Å².